The lowest BCUT2D eigenvalue weighted by molar-refractivity contribution is 0.340. The highest BCUT2D eigenvalue weighted by Crippen LogP contribution is 2.36. The van der Waals surface area contributed by atoms with Gasteiger partial charge in [-0.05, 0) is 45.0 Å². The van der Waals surface area contributed by atoms with E-state index in [0.29, 0.717) is 6.85 Å². The van der Waals surface area contributed by atoms with Gasteiger partial charge in [0.25, 0.3) is 0 Å². The van der Waals surface area contributed by atoms with Crippen LogP contribution in [0.15, 0.2) is 25.3 Å². The number of rotatable bonds is 7. The van der Waals surface area contributed by atoms with Gasteiger partial charge in [-0.2, -0.15) is 0 Å². The van der Waals surface area contributed by atoms with Crippen LogP contribution in [0.3, 0.4) is 0 Å². The summed E-state index contributed by atoms with van der Waals surface area (Å²) in [5.74, 6) is 0.818. The monoisotopic (exact) mass is 273 g/mol. The molecule has 0 aromatic rings. The van der Waals surface area contributed by atoms with Crippen molar-refractivity contribution in [2.24, 2.45) is 5.92 Å². The van der Waals surface area contributed by atoms with Crippen LogP contribution in [0.5, 0.6) is 0 Å². The molecular formula is C17H33B2N. The first kappa shape index (κ1) is 17.6. The molecule has 1 saturated heterocycles. The maximum absolute atomic E-state index is 3.98. The smallest absolute Gasteiger partial charge is 0.216 e. The van der Waals surface area contributed by atoms with Crippen LogP contribution in [0.1, 0.15) is 47.0 Å². The Bertz CT molecular complexity index is 309. The Labute approximate surface area is 128 Å². The summed E-state index contributed by atoms with van der Waals surface area (Å²) >= 11 is 0. The Balaban J connectivity index is 2.91. The summed E-state index contributed by atoms with van der Waals surface area (Å²) < 4.78 is 2.80. The number of nitrogens with zero attached hydrogens (tertiary/aromatic N) is 1. The van der Waals surface area contributed by atoms with Gasteiger partial charge < -0.3 is 4.72 Å². The summed E-state index contributed by atoms with van der Waals surface area (Å²) in [4.78, 5) is 0. The summed E-state index contributed by atoms with van der Waals surface area (Å²) in [5, 5.41) is 0. The van der Waals surface area contributed by atoms with Crippen molar-refractivity contribution >= 4 is 13.7 Å². The fraction of sp³-hybridized carbons (Fsp3) is 0.765. The van der Waals surface area contributed by atoms with Crippen molar-refractivity contribution in [2.75, 3.05) is 0 Å². The molecule has 1 aliphatic heterocycles. The van der Waals surface area contributed by atoms with E-state index in [2.05, 4.69) is 57.7 Å². The third-order valence-electron chi connectivity index (χ3n) is 4.60. The van der Waals surface area contributed by atoms with E-state index < -0.39 is 0 Å². The first-order chi connectivity index (χ1) is 9.43. The molecule has 0 bridgehead atoms. The lowest BCUT2D eigenvalue weighted by atomic mass is 9.32. The fourth-order valence-electron chi connectivity index (χ4n) is 4.01. The Hall–Kier alpha value is -0.430. The molecule has 1 atom stereocenters. The van der Waals surface area contributed by atoms with E-state index in [1.807, 2.05) is 0 Å². The van der Waals surface area contributed by atoms with Gasteiger partial charge in [-0.25, -0.2) is 0 Å². The summed E-state index contributed by atoms with van der Waals surface area (Å²) in [6, 6.07) is 0. The lowest BCUT2D eigenvalue weighted by Gasteiger charge is -2.50. The predicted molar refractivity (Wildman–Crippen MR) is 95.7 cm³/mol. The standard InChI is InChI=1S/C17H33B2N/c1-7-10-13-19-15-16(11-8-2)14-18(12-9-3)20(19)17(4,5)6/h8-9,16H,2-3,7,10-15H2,1,4-6H3. The van der Waals surface area contributed by atoms with E-state index in [1.54, 1.807) is 0 Å². The van der Waals surface area contributed by atoms with Gasteiger partial charge in [0.05, 0.1) is 0 Å². The zero-order valence-electron chi connectivity index (χ0n) is 14.2. The van der Waals surface area contributed by atoms with Gasteiger partial charge in [0, 0.05) is 0 Å². The molecule has 0 aliphatic carbocycles. The van der Waals surface area contributed by atoms with Crippen LogP contribution in [0.25, 0.3) is 0 Å². The predicted octanol–water partition coefficient (Wildman–Crippen LogP) is 5.26. The molecule has 0 radical (unpaired) electrons. The van der Waals surface area contributed by atoms with E-state index in [4.69, 9.17) is 0 Å². The van der Waals surface area contributed by atoms with Crippen LogP contribution in [0.2, 0.25) is 25.3 Å². The molecule has 20 heavy (non-hydrogen) atoms. The van der Waals surface area contributed by atoms with Crippen molar-refractivity contribution in [3.8, 4) is 0 Å². The topological polar surface area (TPSA) is 3.24 Å². The van der Waals surface area contributed by atoms with Crippen LogP contribution in [0.4, 0.5) is 0 Å². The summed E-state index contributed by atoms with van der Waals surface area (Å²) in [6.45, 7) is 18.7. The summed E-state index contributed by atoms with van der Waals surface area (Å²) in [5.41, 5.74) is 0.255. The third-order valence-corrected chi connectivity index (χ3v) is 4.60. The molecule has 1 aliphatic rings. The molecule has 0 aromatic heterocycles. The maximum Gasteiger partial charge on any atom is 0.216 e. The van der Waals surface area contributed by atoms with Gasteiger partial charge in [-0.1, -0.05) is 50.9 Å². The third kappa shape index (κ3) is 4.84. The van der Waals surface area contributed by atoms with Crippen molar-refractivity contribution in [3.05, 3.63) is 25.3 Å². The molecule has 0 saturated carbocycles. The van der Waals surface area contributed by atoms with Crippen LogP contribution in [-0.4, -0.2) is 24.0 Å². The number of hydrogen-bond donors (Lipinski definition) is 0. The van der Waals surface area contributed by atoms with Crippen molar-refractivity contribution in [1.29, 1.82) is 0 Å². The highest BCUT2D eigenvalue weighted by molar-refractivity contribution is 6.74. The lowest BCUT2D eigenvalue weighted by Crippen LogP contribution is -2.61. The minimum Gasteiger partial charge on any atom is -0.379 e. The second kappa shape index (κ2) is 8.12. The molecule has 0 aromatic carbocycles. The molecule has 0 amide bonds. The number of allylic oxidation sites excluding steroid dienone is 2. The molecule has 0 N–H and O–H groups in total. The average Bonchev–Trinajstić information content (AvgIpc) is 2.35. The molecule has 0 spiro atoms. The van der Waals surface area contributed by atoms with E-state index in [1.165, 1.54) is 38.2 Å². The quantitative estimate of drug-likeness (QED) is 0.451. The maximum atomic E-state index is 3.98. The van der Waals surface area contributed by atoms with Crippen LogP contribution < -0.4 is 0 Å². The fourth-order valence-corrected chi connectivity index (χ4v) is 4.01. The van der Waals surface area contributed by atoms with Gasteiger partial charge in [-0.15, -0.1) is 13.2 Å². The van der Waals surface area contributed by atoms with Gasteiger partial charge in [-0.3, -0.25) is 0 Å². The largest absolute Gasteiger partial charge is 0.379 e. The highest BCUT2D eigenvalue weighted by Gasteiger charge is 2.43. The minimum atomic E-state index is 0.255. The van der Waals surface area contributed by atoms with E-state index >= 15 is 0 Å². The average molecular weight is 273 g/mol. The first-order valence-electron chi connectivity index (χ1n) is 8.44. The molecule has 1 nitrogen and oxygen atoms in total. The van der Waals surface area contributed by atoms with E-state index in [0.717, 1.165) is 19.1 Å². The molecule has 1 unspecified atom stereocenters. The van der Waals surface area contributed by atoms with Crippen LogP contribution >= 0.6 is 0 Å². The molecular weight excluding hydrogens is 240 g/mol. The van der Waals surface area contributed by atoms with Gasteiger partial charge >= 0.3 is 0 Å². The van der Waals surface area contributed by atoms with Crippen molar-refractivity contribution in [3.63, 3.8) is 0 Å². The normalized spacial score (nSPS) is 21.1. The van der Waals surface area contributed by atoms with Crippen LogP contribution in [0, 0.1) is 5.92 Å². The van der Waals surface area contributed by atoms with E-state index in [-0.39, 0.29) is 5.54 Å². The van der Waals surface area contributed by atoms with Crippen LogP contribution in [-0.2, 0) is 0 Å². The van der Waals surface area contributed by atoms with Gasteiger partial charge in [0.2, 0.25) is 13.7 Å². The van der Waals surface area contributed by atoms with Crippen molar-refractivity contribution in [1.82, 2.24) is 4.72 Å². The highest BCUT2D eigenvalue weighted by atomic mass is 15.1. The molecule has 1 fully saturated rings. The molecule has 1 heterocycles. The number of hydrogen-bond acceptors (Lipinski definition) is 1. The second-order valence-electron chi connectivity index (χ2n) is 7.41. The summed E-state index contributed by atoms with van der Waals surface area (Å²) in [7, 11) is 0. The number of unbranched alkanes of at least 4 members (excludes halogenated alkanes) is 1. The Morgan fingerprint density at radius 1 is 1.15 bits per heavy atom. The van der Waals surface area contributed by atoms with Gasteiger partial charge in [0.15, 0.2) is 0 Å². The van der Waals surface area contributed by atoms with Gasteiger partial charge in [0.1, 0.15) is 0 Å². The Kier molecular flexibility index (Phi) is 7.15. The molecule has 112 valence electrons. The Morgan fingerprint density at radius 3 is 2.30 bits per heavy atom. The SMILES string of the molecule is C=CCB1CC(CC=C)CB(CCCC)N1C(C)(C)C. The molecule has 3 heteroatoms. The van der Waals surface area contributed by atoms with E-state index in [9.17, 15) is 0 Å². The molecule has 1 rings (SSSR count). The minimum absolute atomic E-state index is 0.255. The zero-order valence-corrected chi connectivity index (χ0v) is 14.2. The van der Waals surface area contributed by atoms with Crippen molar-refractivity contribution < 1.29 is 0 Å². The summed E-state index contributed by atoms with van der Waals surface area (Å²) in [6.07, 6.45) is 13.1. The van der Waals surface area contributed by atoms with Crippen molar-refractivity contribution in [2.45, 2.75) is 77.8 Å². The Morgan fingerprint density at radius 2 is 1.80 bits per heavy atom. The second-order valence-corrected chi connectivity index (χ2v) is 7.41. The first-order valence-corrected chi connectivity index (χ1v) is 8.44. The zero-order chi connectivity index (χ0) is 15.2.